The molecule has 72 valence electrons. The lowest BCUT2D eigenvalue weighted by molar-refractivity contribution is -0.122. The summed E-state index contributed by atoms with van der Waals surface area (Å²) in [4.78, 5) is 11.0. The lowest BCUT2D eigenvalue weighted by Gasteiger charge is -2.04. The van der Waals surface area contributed by atoms with E-state index in [2.05, 4.69) is 21.2 Å². The molecule has 0 saturated heterocycles. The molecule has 0 radical (unpaired) electrons. The fourth-order valence-corrected chi connectivity index (χ4v) is 1.12. The van der Waals surface area contributed by atoms with Crippen LogP contribution < -0.4 is 11.1 Å². The molecule has 4 nitrogen and oxygen atoms in total. The fraction of sp³-hybridized carbons (Fsp3) is 0.375. The summed E-state index contributed by atoms with van der Waals surface area (Å²) in [5, 5.41) is 2.63. The van der Waals surface area contributed by atoms with Crippen LogP contribution in [0, 0.1) is 0 Å². The summed E-state index contributed by atoms with van der Waals surface area (Å²) >= 11 is 3.16. The van der Waals surface area contributed by atoms with Gasteiger partial charge >= 0.3 is 0 Å². The molecule has 0 aliphatic rings. The summed E-state index contributed by atoms with van der Waals surface area (Å²) in [6.07, 6.45) is 0. The first-order valence-corrected chi connectivity index (χ1v) is 4.66. The highest BCUT2D eigenvalue weighted by Gasteiger charge is 2.07. The summed E-state index contributed by atoms with van der Waals surface area (Å²) in [6.45, 7) is 2.00. The Morgan fingerprint density at radius 2 is 2.46 bits per heavy atom. The van der Waals surface area contributed by atoms with Gasteiger partial charge in [0.15, 0.2) is 4.67 Å². The number of rotatable bonds is 3. The predicted octanol–water partition coefficient (Wildman–Crippen LogP) is 1.01. The molecule has 0 bridgehead atoms. The quantitative estimate of drug-likeness (QED) is 0.837. The molecule has 0 fully saturated rings. The van der Waals surface area contributed by atoms with Crippen LogP contribution in [-0.4, -0.2) is 11.9 Å². The van der Waals surface area contributed by atoms with E-state index in [0.717, 1.165) is 0 Å². The number of hydrogen-bond acceptors (Lipinski definition) is 3. The summed E-state index contributed by atoms with van der Waals surface area (Å²) in [5.74, 6) is 0.508. The number of carbonyl (C=O) groups is 1. The van der Waals surface area contributed by atoms with E-state index in [-0.39, 0.29) is 5.91 Å². The third-order valence-corrected chi connectivity index (χ3v) is 1.91. The highest BCUT2D eigenvalue weighted by atomic mass is 79.9. The maximum Gasteiger partial charge on any atom is 0.237 e. The molecule has 0 spiro atoms. The van der Waals surface area contributed by atoms with Gasteiger partial charge in [0.05, 0.1) is 12.6 Å². The SMILES string of the molecule is C[C@H](N)C(=O)NCc1ccc(Br)o1. The average Bonchev–Trinajstić information content (AvgIpc) is 2.47. The normalized spacial score (nSPS) is 12.5. The van der Waals surface area contributed by atoms with Crippen molar-refractivity contribution in [3.8, 4) is 0 Å². The van der Waals surface area contributed by atoms with Crippen LogP contribution in [0.4, 0.5) is 0 Å². The second-order valence-electron chi connectivity index (χ2n) is 2.71. The number of amides is 1. The zero-order chi connectivity index (χ0) is 9.84. The van der Waals surface area contributed by atoms with E-state index in [1.54, 1.807) is 19.1 Å². The van der Waals surface area contributed by atoms with Crippen LogP contribution in [0.15, 0.2) is 21.2 Å². The molecule has 3 N–H and O–H groups in total. The number of nitrogens with one attached hydrogen (secondary N) is 1. The van der Waals surface area contributed by atoms with Crippen LogP contribution in [0.1, 0.15) is 12.7 Å². The molecule has 5 heteroatoms. The Bertz CT molecular complexity index is 296. The molecule has 1 heterocycles. The van der Waals surface area contributed by atoms with Crippen molar-refractivity contribution < 1.29 is 9.21 Å². The molecule has 1 aromatic heterocycles. The molecule has 1 atom stereocenters. The Labute approximate surface area is 84.6 Å². The minimum atomic E-state index is -0.488. The standard InChI is InChI=1S/C8H11BrN2O2/c1-5(10)8(12)11-4-6-2-3-7(9)13-6/h2-3,5H,4,10H2,1H3,(H,11,12)/t5-/m0/s1. The second-order valence-corrected chi connectivity index (χ2v) is 3.49. The monoisotopic (exact) mass is 246 g/mol. The number of carbonyl (C=O) groups excluding carboxylic acids is 1. The molecular formula is C8H11BrN2O2. The van der Waals surface area contributed by atoms with Gasteiger partial charge in [-0.1, -0.05) is 0 Å². The Kier molecular flexibility index (Phi) is 3.50. The van der Waals surface area contributed by atoms with Crippen LogP contribution in [0.3, 0.4) is 0 Å². The zero-order valence-electron chi connectivity index (χ0n) is 7.21. The van der Waals surface area contributed by atoms with Crippen molar-refractivity contribution in [2.45, 2.75) is 19.5 Å². The predicted molar refractivity (Wildman–Crippen MR) is 51.9 cm³/mol. The topological polar surface area (TPSA) is 68.3 Å². The van der Waals surface area contributed by atoms with Crippen LogP contribution in [0.5, 0.6) is 0 Å². The van der Waals surface area contributed by atoms with Crippen molar-refractivity contribution in [3.63, 3.8) is 0 Å². The highest BCUT2D eigenvalue weighted by molar-refractivity contribution is 9.10. The van der Waals surface area contributed by atoms with Crippen molar-refractivity contribution >= 4 is 21.8 Å². The minimum Gasteiger partial charge on any atom is -0.452 e. The van der Waals surface area contributed by atoms with Crippen LogP contribution in [-0.2, 0) is 11.3 Å². The third kappa shape index (κ3) is 3.20. The minimum absolute atomic E-state index is 0.187. The van der Waals surface area contributed by atoms with Gasteiger partial charge in [-0.05, 0) is 35.0 Å². The molecule has 0 aliphatic carbocycles. The van der Waals surface area contributed by atoms with Gasteiger partial charge in [0.25, 0.3) is 0 Å². The van der Waals surface area contributed by atoms with Crippen molar-refractivity contribution in [2.75, 3.05) is 0 Å². The molecule has 1 aromatic rings. The van der Waals surface area contributed by atoms with Gasteiger partial charge in [0.1, 0.15) is 5.76 Å². The van der Waals surface area contributed by atoms with Gasteiger partial charge in [-0.2, -0.15) is 0 Å². The Balaban J connectivity index is 2.39. The largest absolute Gasteiger partial charge is 0.452 e. The Morgan fingerprint density at radius 1 is 1.77 bits per heavy atom. The van der Waals surface area contributed by atoms with Gasteiger partial charge in [-0.3, -0.25) is 4.79 Å². The lowest BCUT2D eigenvalue weighted by atomic mass is 10.3. The van der Waals surface area contributed by atoms with Crippen LogP contribution in [0.2, 0.25) is 0 Å². The molecule has 0 unspecified atom stereocenters. The number of nitrogens with two attached hydrogens (primary N) is 1. The molecule has 0 aromatic carbocycles. The number of hydrogen-bond donors (Lipinski definition) is 2. The first-order chi connectivity index (χ1) is 6.09. The molecule has 0 aliphatic heterocycles. The fourth-order valence-electron chi connectivity index (χ4n) is 0.782. The maximum absolute atomic E-state index is 11.0. The van der Waals surface area contributed by atoms with E-state index in [4.69, 9.17) is 10.2 Å². The second kappa shape index (κ2) is 4.43. The van der Waals surface area contributed by atoms with Crippen molar-refractivity contribution in [2.24, 2.45) is 5.73 Å². The van der Waals surface area contributed by atoms with E-state index in [0.29, 0.717) is 17.0 Å². The Hall–Kier alpha value is -0.810. The molecule has 1 rings (SSSR count). The zero-order valence-corrected chi connectivity index (χ0v) is 8.80. The van der Waals surface area contributed by atoms with E-state index in [9.17, 15) is 4.79 Å². The summed E-state index contributed by atoms with van der Waals surface area (Å²) in [5.41, 5.74) is 5.35. The number of furan rings is 1. The summed E-state index contributed by atoms with van der Waals surface area (Å²) in [6, 6.07) is 3.07. The maximum atomic E-state index is 11.0. The number of halogens is 1. The smallest absolute Gasteiger partial charge is 0.237 e. The van der Waals surface area contributed by atoms with Crippen molar-refractivity contribution in [1.29, 1.82) is 0 Å². The van der Waals surface area contributed by atoms with E-state index >= 15 is 0 Å². The van der Waals surface area contributed by atoms with Crippen molar-refractivity contribution in [1.82, 2.24) is 5.32 Å². The lowest BCUT2D eigenvalue weighted by Crippen LogP contribution is -2.37. The molecule has 0 saturated carbocycles. The first kappa shape index (κ1) is 10.3. The van der Waals surface area contributed by atoms with Crippen LogP contribution >= 0.6 is 15.9 Å². The summed E-state index contributed by atoms with van der Waals surface area (Å²) in [7, 11) is 0. The van der Waals surface area contributed by atoms with Gasteiger partial charge in [0, 0.05) is 0 Å². The van der Waals surface area contributed by atoms with Gasteiger partial charge < -0.3 is 15.5 Å². The van der Waals surface area contributed by atoms with Crippen LogP contribution in [0.25, 0.3) is 0 Å². The molecular weight excluding hydrogens is 236 g/mol. The van der Waals surface area contributed by atoms with E-state index in [1.165, 1.54) is 0 Å². The molecule has 1 amide bonds. The van der Waals surface area contributed by atoms with Gasteiger partial charge in [-0.15, -0.1) is 0 Å². The summed E-state index contributed by atoms with van der Waals surface area (Å²) < 4.78 is 5.83. The highest BCUT2D eigenvalue weighted by Crippen LogP contribution is 2.13. The van der Waals surface area contributed by atoms with E-state index in [1.807, 2.05) is 0 Å². The van der Waals surface area contributed by atoms with E-state index < -0.39 is 6.04 Å². The van der Waals surface area contributed by atoms with Gasteiger partial charge in [-0.25, -0.2) is 0 Å². The third-order valence-electron chi connectivity index (χ3n) is 1.48. The van der Waals surface area contributed by atoms with Crippen molar-refractivity contribution in [3.05, 3.63) is 22.6 Å². The average molecular weight is 247 g/mol. The van der Waals surface area contributed by atoms with Gasteiger partial charge in [0.2, 0.25) is 5.91 Å². The first-order valence-electron chi connectivity index (χ1n) is 3.87. The molecule has 13 heavy (non-hydrogen) atoms. The Morgan fingerprint density at radius 3 is 2.92 bits per heavy atom.